The minimum absolute atomic E-state index is 0.321. The summed E-state index contributed by atoms with van der Waals surface area (Å²) in [6.45, 7) is 3.67. The van der Waals surface area contributed by atoms with Gasteiger partial charge in [-0.2, -0.15) is 0 Å². The fourth-order valence-electron chi connectivity index (χ4n) is 1.88. The maximum atomic E-state index is 10.1. The van der Waals surface area contributed by atoms with Crippen LogP contribution in [0.2, 0.25) is 0 Å². The van der Waals surface area contributed by atoms with Crippen molar-refractivity contribution in [1.82, 2.24) is 0 Å². The summed E-state index contributed by atoms with van der Waals surface area (Å²) >= 11 is 0. The molecule has 0 heterocycles. The van der Waals surface area contributed by atoms with Crippen molar-refractivity contribution < 1.29 is 9.53 Å². The summed E-state index contributed by atoms with van der Waals surface area (Å²) in [5.41, 5.74) is 4.55. The van der Waals surface area contributed by atoms with Crippen molar-refractivity contribution >= 4 is 12.2 Å². The standard InChI is InChI=1S/C16H17NO2/c1-13-3-2-4-15(9-13)10-17-16-7-5-14(6-8-16)11-19-12-18/h2-9,12,17H,10-11H2,1H3. The molecule has 0 unspecified atom stereocenters. The van der Waals surface area contributed by atoms with Gasteiger partial charge in [-0.25, -0.2) is 0 Å². The largest absolute Gasteiger partial charge is 0.463 e. The fraction of sp³-hybridized carbons (Fsp3) is 0.188. The van der Waals surface area contributed by atoms with Crippen LogP contribution in [-0.4, -0.2) is 6.47 Å². The quantitative estimate of drug-likeness (QED) is 0.805. The van der Waals surface area contributed by atoms with Crippen molar-refractivity contribution in [1.29, 1.82) is 0 Å². The van der Waals surface area contributed by atoms with E-state index < -0.39 is 0 Å². The average Bonchev–Trinajstić information content (AvgIpc) is 2.44. The first-order valence-corrected chi connectivity index (χ1v) is 6.21. The van der Waals surface area contributed by atoms with E-state index in [0.717, 1.165) is 17.8 Å². The molecule has 2 aromatic carbocycles. The first-order valence-electron chi connectivity index (χ1n) is 6.21. The Hall–Kier alpha value is -2.29. The van der Waals surface area contributed by atoms with Crippen LogP contribution in [0.5, 0.6) is 0 Å². The van der Waals surface area contributed by atoms with Gasteiger partial charge in [0.25, 0.3) is 6.47 Å². The maximum absolute atomic E-state index is 10.1. The van der Waals surface area contributed by atoms with Crippen LogP contribution >= 0.6 is 0 Å². The molecule has 0 aromatic heterocycles. The van der Waals surface area contributed by atoms with E-state index in [4.69, 9.17) is 4.74 Å². The highest BCUT2D eigenvalue weighted by Gasteiger charge is 1.96. The van der Waals surface area contributed by atoms with Crippen molar-refractivity contribution in [2.24, 2.45) is 0 Å². The second kappa shape index (κ2) is 6.59. The molecule has 0 amide bonds. The highest BCUT2D eigenvalue weighted by Crippen LogP contribution is 2.12. The summed E-state index contributed by atoms with van der Waals surface area (Å²) in [6, 6.07) is 16.3. The van der Waals surface area contributed by atoms with E-state index in [0.29, 0.717) is 13.1 Å². The number of hydrogen-bond donors (Lipinski definition) is 1. The van der Waals surface area contributed by atoms with Crippen LogP contribution in [0, 0.1) is 6.92 Å². The molecule has 3 heteroatoms. The number of aryl methyl sites for hydroxylation is 1. The van der Waals surface area contributed by atoms with Crippen LogP contribution < -0.4 is 5.32 Å². The number of anilines is 1. The molecule has 0 spiro atoms. The van der Waals surface area contributed by atoms with Gasteiger partial charge in [-0.3, -0.25) is 4.79 Å². The Bertz CT molecular complexity index is 535. The van der Waals surface area contributed by atoms with Crippen molar-refractivity contribution in [2.75, 3.05) is 5.32 Å². The lowest BCUT2D eigenvalue weighted by Gasteiger charge is -2.08. The number of carbonyl (C=O) groups excluding carboxylic acids is 1. The zero-order chi connectivity index (χ0) is 13.5. The first kappa shape index (κ1) is 13.1. The molecule has 2 rings (SSSR count). The van der Waals surface area contributed by atoms with E-state index in [1.165, 1.54) is 11.1 Å². The molecule has 19 heavy (non-hydrogen) atoms. The molecule has 0 saturated carbocycles. The Morgan fingerprint density at radius 3 is 2.58 bits per heavy atom. The van der Waals surface area contributed by atoms with Gasteiger partial charge < -0.3 is 10.1 Å². The molecule has 1 N–H and O–H groups in total. The van der Waals surface area contributed by atoms with E-state index in [9.17, 15) is 4.79 Å². The number of benzene rings is 2. The van der Waals surface area contributed by atoms with Crippen LogP contribution in [0.15, 0.2) is 48.5 Å². The number of nitrogens with one attached hydrogen (secondary N) is 1. The molecule has 0 atom stereocenters. The topological polar surface area (TPSA) is 38.3 Å². The van der Waals surface area contributed by atoms with Crippen molar-refractivity contribution in [3.63, 3.8) is 0 Å². The van der Waals surface area contributed by atoms with Gasteiger partial charge in [0.15, 0.2) is 0 Å². The van der Waals surface area contributed by atoms with Crippen LogP contribution in [-0.2, 0) is 22.7 Å². The van der Waals surface area contributed by atoms with E-state index in [2.05, 4.69) is 36.5 Å². The number of hydrogen-bond acceptors (Lipinski definition) is 3. The summed E-state index contributed by atoms with van der Waals surface area (Å²) in [4.78, 5) is 10.1. The predicted molar refractivity (Wildman–Crippen MR) is 75.8 cm³/mol. The molecule has 98 valence electrons. The lowest BCUT2D eigenvalue weighted by Crippen LogP contribution is -1.99. The first-order chi connectivity index (χ1) is 9.28. The van der Waals surface area contributed by atoms with Gasteiger partial charge in [0, 0.05) is 12.2 Å². The second-order valence-electron chi connectivity index (χ2n) is 4.45. The highest BCUT2D eigenvalue weighted by molar-refractivity contribution is 5.45. The molecular formula is C16H17NO2. The fourth-order valence-corrected chi connectivity index (χ4v) is 1.88. The molecule has 0 aliphatic heterocycles. The smallest absolute Gasteiger partial charge is 0.293 e. The SMILES string of the molecule is Cc1cccc(CNc2ccc(COC=O)cc2)c1. The van der Waals surface area contributed by atoms with E-state index in [-0.39, 0.29) is 0 Å². The van der Waals surface area contributed by atoms with Gasteiger partial charge in [0.05, 0.1) is 0 Å². The normalized spacial score (nSPS) is 9.95. The minimum Gasteiger partial charge on any atom is -0.463 e. The number of carbonyl (C=O) groups is 1. The maximum Gasteiger partial charge on any atom is 0.293 e. The Morgan fingerprint density at radius 1 is 1.11 bits per heavy atom. The van der Waals surface area contributed by atoms with Crippen LogP contribution in [0.1, 0.15) is 16.7 Å². The van der Waals surface area contributed by atoms with Gasteiger partial charge in [-0.1, -0.05) is 42.0 Å². The summed E-state index contributed by atoms with van der Waals surface area (Å²) in [5.74, 6) is 0. The molecule has 0 aliphatic rings. The van der Waals surface area contributed by atoms with Gasteiger partial charge in [0.1, 0.15) is 6.61 Å². The average molecular weight is 255 g/mol. The molecule has 0 bridgehead atoms. The summed E-state index contributed by atoms with van der Waals surface area (Å²) in [7, 11) is 0. The van der Waals surface area contributed by atoms with E-state index in [1.54, 1.807) is 0 Å². The Labute approximate surface area is 113 Å². The molecule has 0 aliphatic carbocycles. The van der Waals surface area contributed by atoms with Crippen molar-refractivity contribution in [3.8, 4) is 0 Å². The molecule has 0 radical (unpaired) electrons. The van der Waals surface area contributed by atoms with E-state index >= 15 is 0 Å². The lowest BCUT2D eigenvalue weighted by molar-refractivity contribution is -0.129. The second-order valence-corrected chi connectivity index (χ2v) is 4.45. The molecule has 0 fully saturated rings. The zero-order valence-electron chi connectivity index (χ0n) is 10.9. The molecule has 0 saturated heterocycles. The minimum atomic E-state index is 0.321. The third-order valence-electron chi connectivity index (χ3n) is 2.85. The predicted octanol–water partition coefficient (Wildman–Crippen LogP) is 3.28. The Morgan fingerprint density at radius 2 is 1.89 bits per heavy atom. The summed E-state index contributed by atoms with van der Waals surface area (Å²) in [6.07, 6.45) is 0. The molecule has 3 nitrogen and oxygen atoms in total. The summed E-state index contributed by atoms with van der Waals surface area (Å²) < 4.78 is 4.70. The summed E-state index contributed by atoms with van der Waals surface area (Å²) in [5, 5.41) is 3.36. The Balaban J connectivity index is 1.91. The van der Waals surface area contributed by atoms with Gasteiger partial charge in [0.2, 0.25) is 0 Å². The van der Waals surface area contributed by atoms with E-state index in [1.807, 2.05) is 24.3 Å². The van der Waals surface area contributed by atoms with Gasteiger partial charge >= 0.3 is 0 Å². The zero-order valence-corrected chi connectivity index (χ0v) is 10.9. The van der Waals surface area contributed by atoms with Gasteiger partial charge in [-0.05, 0) is 30.2 Å². The third kappa shape index (κ3) is 4.14. The number of ether oxygens (including phenoxy) is 1. The monoisotopic (exact) mass is 255 g/mol. The highest BCUT2D eigenvalue weighted by atomic mass is 16.5. The van der Waals surface area contributed by atoms with Crippen LogP contribution in [0.25, 0.3) is 0 Å². The van der Waals surface area contributed by atoms with Crippen molar-refractivity contribution in [3.05, 3.63) is 65.2 Å². The van der Waals surface area contributed by atoms with Gasteiger partial charge in [-0.15, -0.1) is 0 Å². The number of rotatable bonds is 6. The lowest BCUT2D eigenvalue weighted by atomic mass is 10.1. The Kier molecular flexibility index (Phi) is 4.56. The van der Waals surface area contributed by atoms with Crippen molar-refractivity contribution in [2.45, 2.75) is 20.1 Å². The molecule has 2 aromatic rings. The third-order valence-corrected chi connectivity index (χ3v) is 2.85. The molecular weight excluding hydrogens is 238 g/mol. The van der Waals surface area contributed by atoms with Crippen LogP contribution in [0.3, 0.4) is 0 Å². The van der Waals surface area contributed by atoms with Crippen LogP contribution in [0.4, 0.5) is 5.69 Å².